The Balaban J connectivity index is 1.40. The molecule has 0 spiro atoms. The smallest absolute Gasteiger partial charge is 0.254 e. The molecule has 0 saturated carbocycles. The minimum absolute atomic E-state index is 0.105. The van der Waals surface area contributed by atoms with Gasteiger partial charge in [-0.25, -0.2) is 0 Å². The number of furan rings is 1. The fraction of sp³-hybridized carbons (Fsp3) is 0.261. The number of hydrogen-bond donors (Lipinski definition) is 3. The van der Waals surface area contributed by atoms with E-state index in [0.717, 1.165) is 16.5 Å². The number of fused-ring (bicyclic) bond motifs is 4. The van der Waals surface area contributed by atoms with Crippen molar-refractivity contribution in [3.05, 3.63) is 64.4 Å². The molecule has 9 heteroatoms. The Labute approximate surface area is 182 Å². The van der Waals surface area contributed by atoms with Crippen LogP contribution in [0.3, 0.4) is 0 Å². The molecule has 3 aliphatic heterocycles. The molecule has 3 N–H and O–H groups in total. The van der Waals surface area contributed by atoms with Gasteiger partial charge in [-0.2, -0.15) is 0 Å². The molecule has 162 valence electrons. The first kappa shape index (κ1) is 18.9. The van der Waals surface area contributed by atoms with Crippen LogP contribution in [0, 0.1) is 0 Å². The lowest BCUT2D eigenvalue weighted by Crippen LogP contribution is -2.52. The summed E-state index contributed by atoms with van der Waals surface area (Å²) in [7, 11) is 1.56. The van der Waals surface area contributed by atoms with E-state index in [9.17, 15) is 14.4 Å². The molecule has 4 heterocycles. The van der Waals surface area contributed by atoms with Crippen LogP contribution < -0.4 is 20.7 Å². The van der Waals surface area contributed by atoms with Crippen molar-refractivity contribution in [2.45, 2.75) is 18.6 Å². The van der Waals surface area contributed by atoms with Crippen LogP contribution in [0.4, 0.5) is 0 Å². The number of methoxy groups -OCH3 is 1. The first-order valence-electron chi connectivity index (χ1n) is 10.3. The van der Waals surface area contributed by atoms with Gasteiger partial charge >= 0.3 is 0 Å². The first-order valence-corrected chi connectivity index (χ1v) is 10.3. The molecular weight excluding hydrogens is 412 g/mol. The molecule has 1 fully saturated rings. The highest BCUT2D eigenvalue weighted by Crippen LogP contribution is 2.36. The number of amides is 3. The van der Waals surface area contributed by atoms with Crippen LogP contribution >= 0.6 is 0 Å². The summed E-state index contributed by atoms with van der Waals surface area (Å²) in [6, 6.07) is 10.7. The molecule has 0 aliphatic carbocycles. The van der Waals surface area contributed by atoms with Gasteiger partial charge in [-0.3, -0.25) is 19.7 Å². The number of nitrogens with zero attached hydrogens (tertiary/aromatic N) is 1. The number of nitrogens with one attached hydrogen (secondary N) is 3. The quantitative estimate of drug-likeness (QED) is 0.571. The van der Waals surface area contributed by atoms with Crippen LogP contribution in [0.25, 0.3) is 11.0 Å². The molecule has 0 bridgehead atoms. The van der Waals surface area contributed by atoms with Crippen LogP contribution in [0.2, 0.25) is 0 Å². The monoisotopic (exact) mass is 432 g/mol. The molecule has 6 rings (SSSR count). The normalized spacial score (nSPS) is 21.7. The second kappa shape index (κ2) is 6.57. The van der Waals surface area contributed by atoms with E-state index in [1.165, 1.54) is 0 Å². The predicted octanol–water partition coefficient (Wildman–Crippen LogP) is 1.21. The van der Waals surface area contributed by atoms with Gasteiger partial charge in [0.2, 0.25) is 0 Å². The highest BCUT2D eigenvalue weighted by molar-refractivity contribution is 6.04. The lowest BCUT2D eigenvalue weighted by Gasteiger charge is -2.29. The summed E-state index contributed by atoms with van der Waals surface area (Å²) < 4.78 is 11.4. The van der Waals surface area contributed by atoms with Crippen LogP contribution in [0.15, 0.2) is 40.8 Å². The maximum Gasteiger partial charge on any atom is 0.254 e. The molecule has 1 unspecified atom stereocenters. The van der Waals surface area contributed by atoms with E-state index in [1.54, 1.807) is 30.2 Å². The second-order valence-electron chi connectivity index (χ2n) is 8.25. The van der Waals surface area contributed by atoms with Gasteiger partial charge in [0.05, 0.1) is 20.3 Å². The van der Waals surface area contributed by atoms with Crippen molar-refractivity contribution >= 4 is 28.7 Å². The summed E-state index contributed by atoms with van der Waals surface area (Å²) in [5.74, 6) is 0.485. The van der Waals surface area contributed by atoms with Crippen LogP contribution in [-0.4, -0.2) is 42.9 Å². The number of carbonyl (C=O) groups excluding carboxylic acids is 3. The molecule has 3 aliphatic rings. The molecule has 0 radical (unpaired) electrons. The van der Waals surface area contributed by atoms with Crippen molar-refractivity contribution in [3.63, 3.8) is 0 Å². The van der Waals surface area contributed by atoms with E-state index in [0.29, 0.717) is 41.3 Å². The van der Waals surface area contributed by atoms with Gasteiger partial charge in [0, 0.05) is 29.6 Å². The maximum absolute atomic E-state index is 13.1. The van der Waals surface area contributed by atoms with Gasteiger partial charge in [-0.05, 0) is 41.5 Å². The Morgan fingerprint density at radius 1 is 1.09 bits per heavy atom. The van der Waals surface area contributed by atoms with E-state index in [2.05, 4.69) is 16.0 Å². The van der Waals surface area contributed by atoms with E-state index < -0.39 is 5.54 Å². The third kappa shape index (κ3) is 2.51. The van der Waals surface area contributed by atoms with Gasteiger partial charge in [0.15, 0.2) is 5.54 Å². The lowest BCUT2D eigenvalue weighted by atomic mass is 9.94. The number of rotatable bonds is 4. The van der Waals surface area contributed by atoms with Crippen molar-refractivity contribution in [2.75, 3.05) is 20.3 Å². The minimum Gasteiger partial charge on any atom is -0.497 e. The summed E-state index contributed by atoms with van der Waals surface area (Å²) in [6.45, 7) is 1.17. The zero-order valence-corrected chi connectivity index (χ0v) is 17.3. The van der Waals surface area contributed by atoms with Gasteiger partial charge < -0.3 is 24.7 Å². The van der Waals surface area contributed by atoms with Crippen LogP contribution in [0.1, 0.15) is 37.6 Å². The molecule has 1 saturated heterocycles. The minimum atomic E-state index is -1.23. The van der Waals surface area contributed by atoms with Crippen LogP contribution in [0.5, 0.6) is 5.75 Å². The van der Waals surface area contributed by atoms with Crippen molar-refractivity contribution in [2.24, 2.45) is 0 Å². The standard InChI is InChI=1S/C23H20N4O5/c1-31-13-3-2-12-9-27(21(29)15(12)6-13)10-23(22(30)25-11-26-23)19-7-16-17-8-24-20(28)14(17)4-5-18(16)32-19/h2-7,26H,8-11H2,1H3,(H,24,28)(H,25,30). The topological polar surface area (TPSA) is 113 Å². The zero-order valence-electron chi connectivity index (χ0n) is 17.3. The Kier molecular flexibility index (Phi) is 3.88. The molecular formula is C23H20N4O5. The fourth-order valence-corrected chi connectivity index (χ4v) is 4.84. The van der Waals surface area contributed by atoms with E-state index in [-0.39, 0.29) is 30.9 Å². The van der Waals surface area contributed by atoms with Gasteiger partial charge in [0.1, 0.15) is 17.1 Å². The molecule has 3 aromatic rings. The highest BCUT2D eigenvalue weighted by atomic mass is 16.5. The number of ether oxygens (including phenoxy) is 1. The van der Waals surface area contributed by atoms with Crippen LogP contribution in [-0.2, 0) is 23.4 Å². The van der Waals surface area contributed by atoms with Gasteiger partial charge in [0.25, 0.3) is 17.7 Å². The van der Waals surface area contributed by atoms with Crippen molar-refractivity contribution < 1.29 is 23.5 Å². The third-order valence-electron chi connectivity index (χ3n) is 6.55. The molecule has 9 nitrogen and oxygen atoms in total. The third-order valence-corrected chi connectivity index (χ3v) is 6.55. The largest absolute Gasteiger partial charge is 0.497 e. The Hall–Kier alpha value is -3.85. The summed E-state index contributed by atoms with van der Waals surface area (Å²) in [4.78, 5) is 39.9. The summed E-state index contributed by atoms with van der Waals surface area (Å²) in [5.41, 5.74) is 2.29. The fourth-order valence-electron chi connectivity index (χ4n) is 4.84. The molecule has 1 atom stereocenters. The van der Waals surface area contributed by atoms with Gasteiger partial charge in [-0.15, -0.1) is 0 Å². The molecule has 32 heavy (non-hydrogen) atoms. The molecule has 2 aromatic carbocycles. The van der Waals surface area contributed by atoms with Gasteiger partial charge in [-0.1, -0.05) is 6.07 Å². The van der Waals surface area contributed by atoms with E-state index in [1.807, 2.05) is 18.2 Å². The zero-order chi connectivity index (χ0) is 22.0. The Bertz CT molecular complexity index is 1330. The second-order valence-corrected chi connectivity index (χ2v) is 8.25. The van der Waals surface area contributed by atoms with Crippen molar-refractivity contribution in [3.8, 4) is 5.75 Å². The average molecular weight is 432 g/mol. The summed E-state index contributed by atoms with van der Waals surface area (Å²) in [6.07, 6.45) is 0. The van der Waals surface area contributed by atoms with E-state index >= 15 is 0 Å². The SMILES string of the molecule is COc1ccc2c(c1)C(=O)N(CC1(c3cc4c5c(ccc4o3)C(=O)NC5)NCNC1=O)C2. The lowest BCUT2D eigenvalue weighted by molar-refractivity contribution is -0.125. The first-order chi connectivity index (χ1) is 15.5. The van der Waals surface area contributed by atoms with Crippen molar-refractivity contribution in [1.29, 1.82) is 0 Å². The summed E-state index contributed by atoms with van der Waals surface area (Å²) >= 11 is 0. The predicted molar refractivity (Wildman–Crippen MR) is 113 cm³/mol. The molecule has 1 aromatic heterocycles. The number of carbonyl (C=O) groups is 3. The maximum atomic E-state index is 13.1. The highest BCUT2D eigenvalue weighted by Gasteiger charge is 2.50. The molecule has 3 amide bonds. The Morgan fingerprint density at radius 2 is 1.97 bits per heavy atom. The summed E-state index contributed by atoms with van der Waals surface area (Å²) in [5, 5.41) is 9.63. The van der Waals surface area contributed by atoms with E-state index in [4.69, 9.17) is 9.15 Å². The van der Waals surface area contributed by atoms with Crippen molar-refractivity contribution in [1.82, 2.24) is 20.9 Å². The Morgan fingerprint density at radius 3 is 2.75 bits per heavy atom. The number of benzene rings is 2. The number of hydrogen-bond acceptors (Lipinski definition) is 6. The average Bonchev–Trinajstić information content (AvgIpc) is 3.55.